The minimum Gasteiger partial charge on any atom is -0.496 e. The van der Waals surface area contributed by atoms with Gasteiger partial charge in [0.25, 0.3) is 0 Å². The number of aromatic nitrogens is 1. The number of hydrogen-bond donors (Lipinski definition) is 0. The Labute approximate surface area is 239 Å². The van der Waals surface area contributed by atoms with E-state index >= 15 is 0 Å². The van der Waals surface area contributed by atoms with Crippen molar-refractivity contribution in [3.05, 3.63) is 66.4 Å². The fraction of sp³-hybridized carbons (Fsp3) is 0.344. The molecule has 212 valence electrons. The average Bonchev–Trinajstić information content (AvgIpc) is 3.42. The second-order valence-electron chi connectivity index (χ2n) is 10.3. The molecule has 41 heavy (non-hydrogen) atoms. The maximum Gasteiger partial charge on any atom is 0.209 e. The zero-order valence-corrected chi connectivity index (χ0v) is 23.6. The Hall–Kier alpha value is -4.39. The fourth-order valence-corrected chi connectivity index (χ4v) is 4.91. The number of rotatable bonds is 7. The third kappa shape index (κ3) is 6.35. The van der Waals surface area contributed by atoms with Gasteiger partial charge in [0, 0.05) is 49.8 Å². The van der Waals surface area contributed by atoms with Gasteiger partial charge in [-0.2, -0.15) is 5.26 Å². The van der Waals surface area contributed by atoms with Crippen LogP contribution in [0.15, 0.2) is 65.2 Å². The van der Waals surface area contributed by atoms with Crippen LogP contribution in [0.2, 0.25) is 0 Å². The van der Waals surface area contributed by atoms with Gasteiger partial charge in [0.1, 0.15) is 34.9 Å². The number of fused-ring (bicyclic) bond motifs is 1. The fourth-order valence-electron chi connectivity index (χ4n) is 4.91. The van der Waals surface area contributed by atoms with Crippen molar-refractivity contribution in [2.75, 3.05) is 47.5 Å². The standard InChI is InChI=1S/C26H22N2O4.C6H12N2O/c1-29-24-5-3-2-4-21(24)25-15-22-26(32-25)20(8-11-28-22)17-6-7-23(18(14-17)16-27)31-19-9-12-30-13-10-19;1-7(2)6-3-8(4-6)5-9/h2-8,11,14-15,19H,9-10,12-13H2,1H3;5-6H,3-4H2,1-2H3. The summed E-state index contributed by atoms with van der Waals surface area (Å²) in [5.41, 5.74) is 4.49. The number of furan rings is 1. The summed E-state index contributed by atoms with van der Waals surface area (Å²) in [5.74, 6) is 2.01. The van der Waals surface area contributed by atoms with Crippen molar-refractivity contribution >= 4 is 17.5 Å². The molecule has 0 unspecified atom stereocenters. The van der Waals surface area contributed by atoms with Crippen LogP contribution >= 0.6 is 0 Å². The van der Waals surface area contributed by atoms with Gasteiger partial charge in [-0.25, -0.2) is 0 Å². The largest absolute Gasteiger partial charge is 0.496 e. The average molecular weight is 555 g/mol. The van der Waals surface area contributed by atoms with Gasteiger partial charge in [-0.15, -0.1) is 0 Å². The Balaban J connectivity index is 0.000000321. The van der Waals surface area contributed by atoms with Crippen molar-refractivity contribution in [1.82, 2.24) is 14.8 Å². The summed E-state index contributed by atoms with van der Waals surface area (Å²) in [7, 11) is 5.71. The number of likely N-dealkylation sites (tertiary alicyclic amines) is 1. The van der Waals surface area contributed by atoms with Crippen molar-refractivity contribution in [2.45, 2.75) is 25.0 Å². The Morgan fingerprint density at radius 2 is 1.83 bits per heavy atom. The molecule has 4 heterocycles. The molecule has 0 aliphatic carbocycles. The van der Waals surface area contributed by atoms with Gasteiger partial charge in [-0.1, -0.05) is 18.2 Å². The highest BCUT2D eigenvalue weighted by molar-refractivity contribution is 5.93. The molecule has 9 heteroatoms. The monoisotopic (exact) mass is 554 g/mol. The zero-order valence-electron chi connectivity index (χ0n) is 23.6. The highest BCUT2D eigenvalue weighted by atomic mass is 16.5. The summed E-state index contributed by atoms with van der Waals surface area (Å²) in [6, 6.07) is 20.0. The number of methoxy groups -OCH3 is 1. The lowest BCUT2D eigenvalue weighted by Crippen LogP contribution is -2.56. The van der Waals surface area contributed by atoms with Gasteiger partial charge in [-0.3, -0.25) is 9.78 Å². The summed E-state index contributed by atoms with van der Waals surface area (Å²) < 4.78 is 23.2. The summed E-state index contributed by atoms with van der Waals surface area (Å²) in [6.07, 6.45) is 4.38. The van der Waals surface area contributed by atoms with E-state index in [1.54, 1.807) is 18.2 Å². The maximum absolute atomic E-state index is 10.1. The number of nitriles is 1. The van der Waals surface area contributed by atoms with Crippen molar-refractivity contribution in [3.8, 4) is 40.0 Å². The number of pyridine rings is 1. The Kier molecular flexibility index (Phi) is 8.82. The summed E-state index contributed by atoms with van der Waals surface area (Å²) in [4.78, 5) is 18.4. The van der Waals surface area contributed by atoms with E-state index in [1.165, 1.54) is 0 Å². The SMILES string of the molecule is CN(C)C1CN(C=O)C1.COc1ccccc1-c1cc2nccc(-c3ccc(OC4CCOCC4)c(C#N)c3)c2o1. The third-order valence-electron chi connectivity index (χ3n) is 7.43. The number of likely N-dealkylation sites (N-methyl/N-ethyl adjacent to an activating group) is 1. The normalized spacial score (nSPS) is 15.5. The Bertz CT molecular complexity index is 1530. The second kappa shape index (κ2) is 12.9. The lowest BCUT2D eigenvalue weighted by Gasteiger charge is -2.40. The quantitative estimate of drug-likeness (QED) is 0.295. The van der Waals surface area contributed by atoms with Crippen molar-refractivity contribution in [3.63, 3.8) is 0 Å². The highest BCUT2D eigenvalue weighted by Crippen LogP contribution is 2.38. The predicted octanol–water partition coefficient (Wildman–Crippen LogP) is 4.99. The van der Waals surface area contributed by atoms with Gasteiger partial charge in [0.05, 0.1) is 31.5 Å². The first-order chi connectivity index (χ1) is 20.0. The number of nitrogens with zero attached hydrogens (tertiary/aromatic N) is 4. The first-order valence-corrected chi connectivity index (χ1v) is 13.7. The number of hydrogen-bond acceptors (Lipinski definition) is 8. The number of ether oxygens (including phenoxy) is 3. The molecule has 0 spiro atoms. The minimum atomic E-state index is 0.0721. The molecule has 0 radical (unpaired) electrons. The zero-order chi connectivity index (χ0) is 28.8. The van der Waals surface area contributed by atoms with E-state index in [4.69, 9.17) is 18.6 Å². The van der Waals surface area contributed by atoms with Crippen LogP contribution in [0.4, 0.5) is 0 Å². The lowest BCUT2D eigenvalue weighted by molar-refractivity contribution is -0.124. The molecule has 0 N–H and O–H groups in total. The Morgan fingerprint density at radius 3 is 2.54 bits per heavy atom. The molecule has 1 amide bonds. The van der Waals surface area contributed by atoms with Gasteiger partial charge in [0.2, 0.25) is 6.41 Å². The number of carbonyl (C=O) groups excluding carboxylic acids is 1. The minimum absolute atomic E-state index is 0.0721. The van der Waals surface area contributed by atoms with Crippen molar-refractivity contribution in [1.29, 1.82) is 5.26 Å². The van der Waals surface area contributed by atoms with Crippen LogP contribution in [-0.4, -0.2) is 80.8 Å². The first-order valence-electron chi connectivity index (χ1n) is 13.7. The molecular weight excluding hydrogens is 520 g/mol. The molecule has 6 rings (SSSR count). The first kappa shape index (κ1) is 28.1. The molecule has 0 atom stereocenters. The van der Waals surface area contributed by atoms with Gasteiger partial charge in [-0.05, 0) is 50.0 Å². The third-order valence-corrected chi connectivity index (χ3v) is 7.43. The van der Waals surface area contributed by atoms with Crippen molar-refractivity contribution in [2.24, 2.45) is 0 Å². The Morgan fingerprint density at radius 1 is 1.05 bits per heavy atom. The molecule has 2 aromatic heterocycles. The van der Waals surface area contributed by atoms with E-state index in [1.807, 2.05) is 68.7 Å². The topological polar surface area (TPSA) is 101 Å². The van der Waals surface area contributed by atoms with Gasteiger partial charge < -0.3 is 28.4 Å². The lowest BCUT2D eigenvalue weighted by atomic mass is 10.0. The van der Waals surface area contributed by atoms with E-state index in [0.717, 1.165) is 60.3 Å². The van der Waals surface area contributed by atoms with Crippen LogP contribution in [0.5, 0.6) is 11.5 Å². The van der Waals surface area contributed by atoms with Gasteiger partial charge >= 0.3 is 0 Å². The molecule has 4 aromatic rings. The second-order valence-corrected chi connectivity index (χ2v) is 10.3. The number of carbonyl (C=O) groups is 1. The smallest absolute Gasteiger partial charge is 0.209 e. The maximum atomic E-state index is 10.1. The van der Waals surface area contributed by atoms with Crippen LogP contribution < -0.4 is 9.47 Å². The molecule has 0 bridgehead atoms. The molecule has 9 nitrogen and oxygen atoms in total. The van der Waals surface area contributed by atoms with Crippen molar-refractivity contribution < 1.29 is 23.4 Å². The molecule has 0 saturated carbocycles. The molecule has 2 aliphatic heterocycles. The van der Waals surface area contributed by atoms with Crippen LogP contribution in [0.3, 0.4) is 0 Å². The molecular formula is C32H34N4O5. The van der Waals surface area contributed by atoms with Crippen LogP contribution in [0.25, 0.3) is 33.6 Å². The molecule has 2 aliphatic rings. The summed E-state index contributed by atoms with van der Waals surface area (Å²) >= 11 is 0. The predicted molar refractivity (Wildman–Crippen MR) is 156 cm³/mol. The molecule has 2 saturated heterocycles. The van der Waals surface area contributed by atoms with E-state index in [2.05, 4.69) is 16.0 Å². The van der Waals surface area contributed by atoms with Crippen LogP contribution in [0.1, 0.15) is 18.4 Å². The summed E-state index contributed by atoms with van der Waals surface area (Å²) in [6.45, 7) is 3.17. The molecule has 2 fully saturated rings. The van der Waals surface area contributed by atoms with Gasteiger partial charge in [0.15, 0.2) is 5.58 Å². The van der Waals surface area contributed by atoms with E-state index in [9.17, 15) is 10.1 Å². The highest BCUT2D eigenvalue weighted by Gasteiger charge is 2.26. The van der Waals surface area contributed by atoms with E-state index < -0.39 is 0 Å². The summed E-state index contributed by atoms with van der Waals surface area (Å²) in [5, 5.41) is 9.74. The van der Waals surface area contributed by atoms with Crippen LogP contribution in [-0.2, 0) is 9.53 Å². The number of benzene rings is 2. The molecule has 2 aromatic carbocycles. The van der Waals surface area contributed by atoms with E-state index in [-0.39, 0.29) is 6.10 Å². The van der Waals surface area contributed by atoms with Crippen LogP contribution in [0, 0.1) is 11.3 Å². The number of para-hydroxylation sites is 1. The number of amides is 1. The van der Waals surface area contributed by atoms with E-state index in [0.29, 0.717) is 41.9 Å².